The van der Waals surface area contributed by atoms with Gasteiger partial charge in [0.2, 0.25) is 0 Å². The molecule has 0 aromatic carbocycles. The number of aromatic amines is 1. The fraction of sp³-hybridized carbons (Fsp3) is 0.357. The minimum atomic E-state index is -0.141. The Bertz CT molecular complexity index is 578. The van der Waals surface area contributed by atoms with Crippen LogP contribution in [0.25, 0.3) is 0 Å². The summed E-state index contributed by atoms with van der Waals surface area (Å²) in [5, 5.41) is 12.8. The zero-order valence-electron chi connectivity index (χ0n) is 11.7. The first kappa shape index (κ1) is 14.0. The average Bonchev–Trinajstić information content (AvgIpc) is 2.88. The SMILES string of the molecule is CCCNc1ncccc1C(=O)NCc1cn[nH]c1C. The second-order valence-electron chi connectivity index (χ2n) is 4.53. The van der Waals surface area contributed by atoms with Crippen LogP contribution in [0.1, 0.15) is 35.0 Å². The normalized spacial score (nSPS) is 10.3. The first-order valence-corrected chi connectivity index (χ1v) is 6.68. The number of hydrogen-bond donors (Lipinski definition) is 3. The van der Waals surface area contributed by atoms with Gasteiger partial charge in [-0.2, -0.15) is 5.10 Å². The molecule has 2 rings (SSSR count). The predicted octanol–water partition coefficient (Wildman–Crippen LogP) is 1.87. The second-order valence-corrected chi connectivity index (χ2v) is 4.53. The van der Waals surface area contributed by atoms with Crippen LogP contribution in [-0.4, -0.2) is 27.6 Å². The topological polar surface area (TPSA) is 82.7 Å². The minimum absolute atomic E-state index is 0.141. The Morgan fingerprint density at radius 2 is 2.30 bits per heavy atom. The van der Waals surface area contributed by atoms with Gasteiger partial charge in [-0.25, -0.2) is 4.98 Å². The summed E-state index contributed by atoms with van der Waals surface area (Å²) in [6.07, 6.45) is 4.37. The van der Waals surface area contributed by atoms with E-state index in [9.17, 15) is 4.79 Å². The van der Waals surface area contributed by atoms with Gasteiger partial charge < -0.3 is 10.6 Å². The molecule has 0 fully saturated rings. The Kier molecular flexibility index (Phi) is 4.70. The van der Waals surface area contributed by atoms with Gasteiger partial charge in [-0.3, -0.25) is 9.89 Å². The van der Waals surface area contributed by atoms with Gasteiger partial charge in [0.15, 0.2) is 0 Å². The molecule has 0 atom stereocenters. The Hall–Kier alpha value is -2.37. The summed E-state index contributed by atoms with van der Waals surface area (Å²) in [6.45, 7) is 5.23. The number of rotatable bonds is 6. The van der Waals surface area contributed by atoms with E-state index in [4.69, 9.17) is 0 Å². The van der Waals surface area contributed by atoms with Crippen molar-refractivity contribution in [1.82, 2.24) is 20.5 Å². The number of hydrogen-bond acceptors (Lipinski definition) is 4. The van der Waals surface area contributed by atoms with Crippen molar-refractivity contribution in [2.45, 2.75) is 26.8 Å². The molecule has 6 nitrogen and oxygen atoms in total. The summed E-state index contributed by atoms with van der Waals surface area (Å²) >= 11 is 0. The number of nitrogens with one attached hydrogen (secondary N) is 3. The highest BCUT2D eigenvalue weighted by molar-refractivity contribution is 5.98. The molecular weight excluding hydrogens is 254 g/mol. The van der Waals surface area contributed by atoms with Crippen LogP contribution in [0.4, 0.5) is 5.82 Å². The number of nitrogens with zero attached hydrogens (tertiary/aromatic N) is 2. The van der Waals surface area contributed by atoms with Crippen molar-refractivity contribution in [3.63, 3.8) is 0 Å². The van der Waals surface area contributed by atoms with Gasteiger partial charge in [0.1, 0.15) is 5.82 Å². The lowest BCUT2D eigenvalue weighted by atomic mass is 10.2. The summed E-state index contributed by atoms with van der Waals surface area (Å²) < 4.78 is 0. The molecule has 2 heterocycles. The van der Waals surface area contributed by atoms with E-state index >= 15 is 0 Å². The van der Waals surface area contributed by atoms with Crippen LogP contribution in [-0.2, 0) is 6.54 Å². The summed E-state index contributed by atoms with van der Waals surface area (Å²) in [4.78, 5) is 16.4. The number of aryl methyl sites for hydroxylation is 1. The highest BCUT2D eigenvalue weighted by Crippen LogP contribution is 2.12. The van der Waals surface area contributed by atoms with Gasteiger partial charge in [0, 0.05) is 30.5 Å². The number of pyridine rings is 1. The van der Waals surface area contributed by atoms with Crippen LogP contribution in [0.3, 0.4) is 0 Å². The molecule has 106 valence electrons. The fourth-order valence-electron chi connectivity index (χ4n) is 1.80. The second kappa shape index (κ2) is 6.70. The summed E-state index contributed by atoms with van der Waals surface area (Å²) in [5.74, 6) is 0.480. The van der Waals surface area contributed by atoms with Gasteiger partial charge in [0.25, 0.3) is 5.91 Å². The van der Waals surface area contributed by atoms with Crippen LogP contribution in [0.5, 0.6) is 0 Å². The molecular formula is C14H19N5O. The van der Waals surface area contributed by atoms with Crippen LogP contribution in [0.15, 0.2) is 24.5 Å². The van der Waals surface area contributed by atoms with E-state index in [0.717, 1.165) is 24.2 Å². The van der Waals surface area contributed by atoms with Gasteiger partial charge >= 0.3 is 0 Å². The number of amides is 1. The maximum absolute atomic E-state index is 12.2. The third-order valence-corrected chi connectivity index (χ3v) is 2.97. The molecule has 0 spiro atoms. The van der Waals surface area contributed by atoms with E-state index in [1.165, 1.54) is 0 Å². The Morgan fingerprint density at radius 3 is 3.00 bits per heavy atom. The number of aromatic nitrogens is 3. The van der Waals surface area contributed by atoms with E-state index in [0.29, 0.717) is 17.9 Å². The highest BCUT2D eigenvalue weighted by Gasteiger charge is 2.12. The molecule has 2 aromatic rings. The summed E-state index contributed by atoms with van der Waals surface area (Å²) in [6, 6.07) is 3.53. The Labute approximate surface area is 118 Å². The molecule has 0 aliphatic carbocycles. The maximum Gasteiger partial charge on any atom is 0.255 e. The van der Waals surface area contributed by atoms with Gasteiger partial charge in [0.05, 0.1) is 11.8 Å². The van der Waals surface area contributed by atoms with Gasteiger partial charge in [-0.05, 0) is 25.5 Å². The lowest BCUT2D eigenvalue weighted by Gasteiger charge is -2.10. The smallest absolute Gasteiger partial charge is 0.255 e. The van der Waals surface area contributed by atoms with Crippen molar-refractivity contribution in [3.8, 4) is 0 Å². The Balaban J connectivity index is 2.03. The zero-order valence-corrected chi connectivity index (χ0v) is 11.7. The summed E-state index contributed by atoms with van der Waals surface area (Å²) in [7, 11) is 0. The van der Waals surface area contributed by atoms with Crippen molar-refractivity contribution in [1.29, 1.82) is 0 Å². The molecule has 3 N–H and O–H groups in total. The van der Waals surface area contributed by atoms with Crippen molar-refractivity contribution in [2.75, 3.05) is 11.9 Å². The van der Waals surface area contributed by atoms with E-state index in [1.807, 2.05) is 6.92 Å². The summed E-state index contributed by atoms with van der Waals surface area (Å²) in [5.41, 5.74) is 2.49. The monoisotopic (exact) mass is 273 g/mol. The lowest BCUT2D eigenvalue weighted by Crippen LogP contribution is -2.24. The first-order valence-electron chi connectivity index (χ1n) is 6.68. The predicted molar refractivity (Wildman–Crippen MR) is 77.5 cm³/mol. The van der Waals surface area contributed by atoms with E-state index in [-0.39, 0.29) is 5.91 Å². The maximum atomic E-state index is 12.2. The van der Waals surface area contributed by atoms with E-state index in [2.05, 4.69) is 32.7 Å². The van der Waals surface area contributed by atoms with Crippen LogP contribution in [0.2, 0.25) is 0 Å². The van der Waals surface area contributed by atoms with Crippen LogP contribution in [0, 0.1) is 6.92 Å². The quantitative estimate of drug-likeness (QED) is 0.750. The van der Waals surface area contributed by atoms with Crippen molar-refractivity contribution >= 4 is 11.7 Å². The molecule has 0 aliphatic rings. The molecule has 6 heteroatoms. The third kappa shape index (κ3) is 3.34. The lowest BCUT2D eigenvalue weighted by molar-refractivity contribution is 0.0951. The molecule has 0 saturated heterocycles. The Morgan fingerprint density at radius 1 is 1.45 bits per heavy atom. The molecule has 2 aromatic heterocycles. The molecule has 0 unspecified atom stereocenters. The van der Waals surface area contributed by atoms with Gasteiger partial charge in [-0.1, -0.05) is 6.92 Å². The molecule has 1 amide bonds. The zero-order chi connectivity index (χ0) is 14.4. The standard InChI is InChI=1S/C14H19N5O/c1-3-6-15-13-12(5-4-7-16-13)14(20)17-8-11-9-18-19-10(11)2/h4-5,7,9H,3,6,8H2,1-2H3,(H,15,16)(H,17,20)(H,18,19). The van der Waals surface area contributed by atoms with E-state index < -0.39 is 0 Å². The van der Waals surface area contributed by atoms with Crippen molar-refractivity contribution in [2.24, 2.45) is 0 Å². The van der Waals surface area contributed by atoms with E-state index in [1.54, 1.807) is 24.5 Å². The highest BCUT2D eigenvalue weighted by atomic mass is 16.1. The largest absolute Gasteiger partial charge is 0.369 e. The fourth-order valence-corrected chi connectivity index (χ4v) is 1.80. The van der Waals surface area contributed by atoms with Crippen molar-refractivity contribution < 1.29 is 4.79 Å². The molecule has 0 saturated carbocycles. The molecule has 0 aliphatic heterocycles. The first-order chi connectivity index (χ1) is 9.72. The minimum Gasteiger partial charge on any atom is -0.369 e. The number of H-pyrrole nitrogens is 1. The number of carbonyl (C=O) groups excluding carboxylic acids is 1. The van der Waals surface area contributed by atoms with Gasteiger partial charge in [-0.15, -0.1) is 0 Å². The number of anilines is 1. The average molecular weight is 273 g/mol. The molecule has 0 bridgehead atoms. The van der Waals surface area contributed by atoms with Crippen LogP contribution >= 0.6 is 0 Å². The molecule has 20 heavy (non-hydrogen) atoms. The third-order valence-electron chi connectivity index (χ3n) is 2.97. The molecule has 0 radical (unpaired) electrons. The van der Waals surface area contributed by atoms with Crippen molar-refractivity contribution in [3.05, 3.63) is 41.3 Å². The number of carbonyl (C=O) groups is 1. The van der Waals surface area contributed by atoms with Crippen LogP contribution < -0.4 is 10.6 Å².